The van der Waals surface area contributed by atoms with Crippen LogP contribution in [0.1, 0.15) is 22.5 Å². The molecule has 5 heteroatoms. The van der Waals surface area contributed by atoms with Gasteiger partial charge in [0.25, 0.3) is 0 Å². The minimum Gasteiger partial charge on any atom is -0.379 e. The van der Waals surface area contributed by atoms with Gasteiger partial charge in [-0.2, -0.15) is 0 Å². The fourth-order valence-electron chi connectivity index (χ4n) is 1.49. The van der Waals surface area contributed by atoms with Crippen LogP contribution in [0.15, 0.2) is 22.9 Å². The number of thiazole rings is 1. The average Bonchev–Trinajstić information content (AvgIpc) is 2.76. The normalized spacial score (nSPS) is 10.5. The van der Waals surface area contributed by atoms with E-state index in [2.05, 4.69) is 38.1 Å². The third-order valence-electron chi connectivity index (χ3n) is 2.41. The van der Waals surface area contributed by atoms with Crippen LogP contribution in [0.5, 0.6) is 0 Å². The fourth-order valence-corrected chi connectivity index (χ4v) is 2.69. The van der Waals surface area contributed by atoms with Crippen LogP contribution in [-0.2, 0) is 13.0 Å². The zero-order chi connectivity index (χ0) is 12.3. The highest BCUT2D eigenvalue weighted by molar-refractivity contribution is 9.10. The molecule has 0 aliphatic rings. The van der Waals surface area contributed by atoms with Gasteiger partial charge in [0, 0.05) is 11.1 Å². The molecule has 0 radical (unpaired) electrons. The highest BCUT2D eigenvalue weighted by Crippen LogP contribution is 2.19. The summed E-state index contributed by atoms with van der Waals surface area (Å²) in [6.45, 7) is 4.93. The minimum absolute atomic E-state index is 0.807. The number of nitrogens with one attached hydrogen (secondary N) is 1. The first-order chi connectivity index (χ1) is 8.19. The van der Waals surface area contributed by atoms with Gasteiger partial charge in [-0.05, 0) is 41.4 Å². The SMILES string of the molecule is CCc1ncc(CNc2ccc(Br)nc2C)s1. The van der Waals surface area contributed by atoms with E-state index in [4.69, 9.17) is 0 Å². The van der Waals surface area contributed by atoms with Crippen LogP contribution in [0, 0.1) is 6.92 Å². The Kier molecular flexibility index (Phi) is 4.12. The standard InChI is InChI=1S/C12H14BrN3S/c1-3-12-15-7-9(17-12)6-14-10-4-5-11(13)16-8(10)2/h4-5,7,14H,3,6H2,1-2H3. The molecule has 0 atom stereocenters. The second kappa shape index (κ2) is 5.60. The summed E-state index contributed by atoms with van der Waals surface area (Å²) in [6.07, 6.45) is 2.95. The molecule has 0 unspecified atom stereocenters. The zero-order valence-electron chi connectivity index (χ0n) is 9.83. The second-order valence-electron chi connectivity index (χ2n) is 3.69. The Morgan fingerprint density at radius 2 is 2.24 bits per heavy atom. The van der Waals surface area contributed by atoms with Gasteiger partial charge in [0.05, 0.1) is 22.9 Å². The van der Waals surface area contributed by atoms with Crippen molar-refractivity contribution >= 4 is 33.0 Å². The summed E-state index contributed by atoms with van der Waals surface area (Å²) in [5.41, 5.74) is 2.07. The molecule has 2 heterocycles. The van der Waals surface area contributed by atoms with Crippen molar-refractivity contribution in [3.8, 4) is 0 Å². The smallest absolute Gasteiger partial charge is 0.106 e. The van der Waals surface area contributed by atoms with Crippen molar-refractivity contribution in [3.05, 3.63) is 38.5 Å². The van der Waals surface area contributed by atoms with E-state index in [9.17, 15) is 0 Å². The van der Waals surface area contributed by atoms with Crippen molar-refractivity contribution in [2.75, 3.05) is 5.32 Å². The van der Waals surface area contributed by atoms with Crippen LogP contribution in [0.4, 0.5) is 5.69 Å². The van der Waals surface area contributed by atoms with E-state index in [1.807, 2.05) is 25.3 Å². The molecule has 0 bridgehead atoms. The number of anilines is 1. The van der Waals surface area contributed by atoms with E-state index in [-0.39, 0.29) is 0 Å². The molecule has 0 spiro atoms. The van der Waals surface area contributed by atoms with Gasteiger partial charge in [0.2, 0.25) is 0 Å². The Hall–Kier alpha value is -0.940. The summed E-state index contributed by atoms with van der Waals surface area (Å²) < 4.78 is 0.867. The lowest BCUT2D eigenvalue weighted by molar-refractivity contribution is 1.08. The lowest BCUT2D eigenvalue weighted by Gasteiger charge is -2.07. The van der Waals surface area contributed by atoms with Gasteiger partial charge in [0.1, 0.15) is 4.60 Å². The molecule has 90 valence electrons. The average molecular weight is 312 g/mol. The van der Waals surface area contributed by atoms with Crippen LogP contribution in [-0.4, -0.2) is 9.97 Å². The predicted molar refractivity (Wildman–Crippen MR) is 75.5 cm³/mol. The lowest BCUT2D eigenvalue weighted by atomic mass is 10.3. The summed E-state index contributed by atoms with van der Waals surface area (Å²) in [5, 5.41) is 4.57. The Balaban J connectivity index is 2.02. The van der Waals surface area contributed by atoms with Crippen molar-refractivity contribution < 1.29 is 0 Å². The summed E-state index contributed by atoms with van der Waals surface area (Å²) >= 11 is 5.12. The highest BCUT2D eigenvalue weighted by atomic mass is 79.9. The quantitative estimate of drug-likeness (QED) is 0.873. The third kappa shape index (κ3) is 3.26. The Morgan fingerprint density at radius 1 is 1.41 bits per heavy atom. The van der Waals surface area contributed by atoms with Gasteiger partial charge in [-0.25, -0.2) is 9.97 Å². The minimum atomic E-state index is 0.807. The number of aryl methyl sites for hydroxylation is 2. The maximum Gasteiger partial charge on any atom is 0.106 e. The molecule has 2 rings (SSSR count). The highest BCUT2D eigenvalue weighted by Gasteiger charge is 2.03. The van der Waals surface area contributed by atoms with Crippen LogP contribution < -0.4 is 5.32 Å². The monoisotopic (exact) mass is 311 g/mol. The van der Waals surface area contributed by atoms with Crippen LogP contribution >= 0.6 is 27.3 Å². The number of hydrogen-bond donors (Lipinski definition) is 1. The number of rotatable bonds is 4. The van der Waals surface area contributed by atoms with Gasteiger partial charge < -0.3 is 5.32 Å². The third-order valence-corrected chi connectivity index (χ3v) is 3.99. The molecule has 2 aromatic heterocycles. The van der Waals surface area contributed by atoms with Crippen LogP contribution in [0.25, 0.3) is 0 Å². The molecule has 0 fully saturated rings. The van der Waals surface area contributed by atoms with Gasteiger partial charge in [-0.1, -0.05) is 6.92 Å². The van der Waals surface area contributed by atoms with Gasteiger partial charge >= 0.3 is 0 Å². The summed E-state index contributed by atoms with van der Waals surface area (Å²) in [4.78, 5) is 9.94. The summed E-state index contributed by atoms with van der Waals surface area (Å²) in [6, 6.07) is 3.98. The van der Waals surface area contributed by atoms with Crippen molar-refractivity contribution in [2.45, 2.75) is 26.8 Å². The van der Waals surface area contributed by atoms with Gasteiger partial charge in [-0.15, -0.1) is 11.3 Å². The number of pyridine rings is 1. The van der Waals surface area contributed by atoms with Crippen LogP contribution in [0.2, 0.25) is 0 Å². The van der Waals surface area contributed by atoms with E-state index >= 15 is 0 Å². The Morgan fingerprint density at radius 3 is 2.88 bits per heavy atom. The van der Waals surface area contributed by atoms with Crippen molar-refractivity contribution in [1.82, 2.24) is 9.97 Å². The molecule has 2 aromatic rings. The zero-order valence-corrected chi connectivity index (χ0v) is 12.2. The fraction of sp³-hybridized carbons (Fsp3) is 0.333. The van der Waals surface area contributed by atoms with Gasteiger partial charge in [-0.3, -0.25) is 0 Å². The molecule has 0 aromatic carbocycles. The Labute approximate surface area is 113 Å². The molecule has 3 nitrogen and oxygen atoms in total. The lowest BCUT2D eigenvalue weighted by Crippen LogP contribution is -2.00. The van der Waals surface area contributed by atoms with Crippen molar-refractivity contribution in [2.24, 2.45) is 0 Å². The maximum atomic E-state index is 4.35. The molecule has 0 aliphatic carbocycles. The molecule has 0 amide bonds. The predicted octanol–water partition coefficient (Wildman–Crippen LogP) is 3.78. The van der Waals surface area contributed by atoms with E-state index in [1.54, 1.807) is 11.3 Å². The first-order valence-corrected chi connectivity index (χ1v) is 7.10. The molecule has 1 N–H and O–H groups in total. The molecule has 17 heavy (non-hydrogen) atoms. The van der Waals surface area contributed by atoms with E-state index in [0.717, 1.165) is 29.0 Å². The first-order valence-electron chi connectivity index (χ1n) is 5.49. The largest absolute Gasteiger partial charge is 0.379 e. The maximum absolute atomic E-state index is 4.35. The second-order valence-corrected chi connectivity index (χ2v) is 5.71. The summed E-state index contributed by atoms with van der Waals surface area (Å²) in [7, 11) is 0. The molecule has 0 saturated heterocycles. The number of hydrogen-bond acceptors (Lipinski definition) is 4. The number of halogens is 1. The van der Waals surface area contributed by atoms with Crippen molar-refractivity contribution in [1.29, 1.82) is 0 Å². The molecular formula is C12H14BrN3S. The van der Waals surface area contributed by atoms with E-state index in [0.29, 0.717) is 0 Å². The number of nitrogens with zero attached hydrogens (tertiary/aromatic N) is 2. The van der Waals surface area contributed by atoms with Crippen LogP contribution in [0.3, 0.4) is 0 Å². The molecule has 0 aliphatic heterocycles. The number of aromatic nitrogens is 2. The first kappa shape index (κ1) is 12.5. The Bertz CT molecular complexity index is 510. The summed E-state index contributed by atoms with van der Waals surface area (Å²) in [5.74, 6) is 0. The molecular weight excluding hydrogens is 298 g/mol. The van der Waals surface area contributed by atoms with Crippen molar-refractivity contribution in [3.63, 3.8) is 0 Å². The van der Waals surface area contributed by atoms with E-state index in [1.165, 1.54) is 9.88 Å². The van der Waals surface area contributed by atoms with Gasteiger partial charge in [0.15, 0.2) is 0 Å². The molecule has 0 saturated carbocycles. The van der Waals surface area contributed by atoms with E-state index < -0.39 is 0 Å². The topological polar surface area (TPSA) is 37.8 Å².